The lowest BCUT2D eigenvalue weighted by Gasteiger charge is -2.34. The molecule has 0 atom stereocenters. The van der Waals surface area contributed by atoms with Gasteiger partial charge in [0.2, 0.25) is 0 Å². The minimum absolute atomic E-state index is 0.987. The molecule has 1 heteroatoms. The molecule has 3 rings (SSSR count). The number of hydrogen-bond acceptors (Lipinski definition) is 1. The maximum atomic E-state index is 4.36. The Morgan fingerprint density at radius 1 is 1.00 bits per heavy atom. The smallest absolute Gasteiger partial charge is 0.0467 e. The second-order valence-corrected chi connectivity index (χ2v) is 5.15. The standard InChI is InChI=1S/C19H19N/c1-4-17-13-16-10-8-9-14(2)19(16)15(3)20(17)18-11-6-5-7-12-18/h5-13H,3-4H2,1-2H3. The van der Waals surface area contributed by atoms with Crippen LogP contribution in [0.1, 0.15) is 30.0 Å². The normalized spacial score (nSPS) is 14.0. The van der Waals surface area contributed by atoms with Gasteiger partial charge in [0.1, 0.15) is 0 Å². The molecular formula is C19H19N. The van der Waals surface area contributed by atoms with Crippen LogP contribution in [0.25, 0.3) is 11.8 Å². The Balaban J connectivity index is 2.19. The molecule has 0 N–H and O–H groups in total. The van der Waals surface area contributed by atoms with Crippen LogP contribution in [0.3, 0.4) is 0 Å². The fourth-order valence-corrected chi connectivity index (χ4v) is 2.89. The van der Waals surface area contributed by atoms with Gasteiger partial charge in [0.25, 0.3) is 0 Å². The number of rotatable bonds is 2. The van der Waals surface area contributed by atoms with Crippen molar-refractivity contribution in [3.63, 3.8) is 0 Å². The van der Waals surface area contributed by atoms with Crippen LogP contribution in [0.2, 0.25) is 0 Å². The average molecular weight is 261 g/mol. The number of allylic oxidation sites excluding steroid dienone is 1. The van der Waals surface area contributed by atoms with Crippen molar-refractivity contribution in [3.05, 3.63) is 77.5 Å². The van der Waals surface area contributed by atoms with E-state index in [0.717, 1.165) is 12.1 Å². The minimum Gasteiger partial charge on any atom is -0.314 e. The van der Waals surface area contributed by atoms with Gasteiger partial charge in [-0.3, -0.25) is 0 Å². The Morgan fingerprint density at radius 3 is 2.45 bits per heavy atom. The molecule has 0 aliphatic carbocycles. The van der Waals surface area contributed by atoms with Gasteiger partial charge in [-0.2, -0.15) is 0 Å². The molecular weight excluding hydrogens is 242 g/mol. The Kier molecular flexibility index (Phi) is 3.19. The molecule has 1 aliphatic heterocycles. The van der Waals surface area contributed by atoms with Crippen LogP contribution >= 0.6 is 0 Å². The monoisotopic (exact) mass is 261 g/mol. The van der Waals surface area contributed by atoms with Gasteiger partial charge in [-0.15, -0.1) is 0 Å². The highest BCUT2D eigenvalue weighted by Gasteiger charge is 2.23. The summed E-state index contributed by atoms with van der Waals surface area (Å²) in [6.45, 7) is 8.70. The van der Waals surface area contributed by atoms with E-state index in [1.54, 1.807) is 0 Å². The fraction of sp³-hybridized carbons (Fsp3) is 0.158. The van der Waals surface area contributed by atoms with Crippen molar-refractivity contribution in [1.82, 2.24) is 0 Å². The van der Waals surface area contributed by atoms with E-state index in [-0.39, 0.29) is 0 Å². The number of aryl methyl sites for hydroxylation is 1. The SMILES string of the molecule is C=C1c2c(C)cccc2C=C(CC)N1c1ccccc1. The number of anilines is 1. The van der Waals surface area contributed by atoms with Crippen molar-refractivity contribution in [2.24, 2.45) is 0 Å². The lowest BCUT2D eigenvalue weighted by atomic mass is 9.93. The summed E-state index contributed by atoms with van der Waals surface area (Å²) in [6, 6.07) is 16.9. The van der Waals surface area contributed by atoms with Crippen molar-refractivity contribution < 1.29 is 0 Å². The third-order valence-corrected chi connectivity index (χ3v) is 3.85. The summed E-state index contributed by atoms with van der Waals surface area (Å²) in [5, 5.41) is 0. The molecule has 0 saturated heterocycles. The van der Waals surface area contributed by atoms with Crippen LogP contribution in [0, 0.1) is 6.92 Å². The first kappa shape index (κ1) is 12.7. The van der Waals surface area contributed by atoms with E-state index in [9.17, 15) is 0 Å². The van der Waals surface area contributed by atoms with Crippen LogP contribution in [-0.4, -0.2) is 0 Å². The van der Waals surface area contributed by atoms with E-state index in [2.05, 4.69) is 73.9 Å². The molecule has 0 spiro atoms. The molecule has 20 heavy (non-hydrogen) atoms. The maximum Gasteiger partial charge on any atom is 0.0467 e. The highest BCUT2D eigenvalue weighted by molar-refractivity contribution is 5.91. The quantitative estimate of drug-likeness (QED) is 0.715. The van der Waals surface area contributed by atoms with Crippen molar-refractivity contribution in [3.8, 4) is 0 Å². The number of fused-ring (bicyclic) bond motifs is 1. The zero-order valence-corrected chi connectivity index (χ0v) is 12.1. The van der Waals surface area contributed by atoms with Crippen molar-refractivity contribution in [2.45, 2.75) is 20.3 Å². The van der Waals surface area contributed by atoms with Crippen LogP contribution in [0.4, 0.5) is 5.69 Å². The van der Waals surface area contributed by atoms with Gasteiger partial charge in [-0.1, -0.05) is 49.9 Å². The van der Waals surface area contributed by atoms with E-state index in [1.807, 2.05) is 6.07 Å². The largest absolute Gasteiger partial charge is 0.314 e. The molecule has 100 valence electrons. The molecule has 0 radical (unpaired) electrons. The molecule has 0 saturated carbocycles. The highest BCUT2D eigenvalue weighted by Crippen LogP contribution is 2.38. The summed E-state index contributed by atoms with van der Waals surface area (Å²) in [5.74, 6) is 0. The van der Waals surface area contributed by atoms with Gasteiger partial charge >= 0.3 is 0 Å². The summed E-state index contributed by atoms with van der Waals surface area (Å²) < 4.78 is 0. The summed E-state index contributed by atoms with van der Waals surface area (Å²) in [7, 11) is 0. The first-order valence-corrected chi connectivity index (χ1v) is 7.07. The van der Waals surface area contributed by atoms with Crippen molar-refractivity contribution in [1.29, 1.82) is 0 Å². The van der Waals surface area contributed by atoms with Gasteiger partial charge in [0.05, 0.1) is 0 Å². The lowest BCUT2D eigenvalue weighted by Crippen LogP contribution is -2.24. The predicted molar refractivity (Wildman–Crippen MR) is 87.4 cm³/mol. The van der Waals surface area contributed by atoms with Gasteiger partial charge in [0, 0.05) is 22.6 Å². The summed E-state index contributed by atoms with van der Waals surface area (Å²) in [4.78, 5) is 2.27. The number of para-hydroxylation sites is 1. The molecule has 0 amide bonds. The van der Waals surface area contributed by atoms with Crippen molar-refractivity contribution in [2.75, 3.05) is 4.90 Å². The van der Waals surface area contributed by atoms with Crippen LogP contribution in [0.15, 0.2) is 60.8 Å². The second-order valence-electron chi connectivity index (χ2n) is 5.15. The van der Waals surface area contributed by atoms with Crippen LogP contribution < -0.4 is 4.90 Å². The average Bonchev–Trinajstić information content (AvgIpc) is 2.47. The Labute approximate surface area is 120 Å². The molecule has 0 unspecified atom stereocenters. The van der Waals surface area contributed by atoms with Crippen LogP contribution in [-0.2, 0) is 0 Å². The topological polar surface area (TPSA) is 3.24 Å². The second kappa shape index (κ2) is 5.01. The molecule has 2 aromatic carbocycles. The number of nitrogens with zero attached hydrogens (tertiary/aromatic N) is 1. The van der Waals surface area contributed by atoms with E-state index in [0.29, 0.717) is 0 Å². The Hall–Kier alpha value is -2.28. The zero-order valence-electron chi connectivity index (χ0n) is 12.1. The van der Waals surface area contributed by atoms with Gasteiger partial charge in [-0.25, -0.2) is 0 Å². The lowest BCUT2D eigenvalue weighted by molar-refractivity contribution is 1.02. The van der Waals surface area contributed by atoms with Gasteiger partial charge < -0.3 is 4.90 Å². The molecule has 0 aromatic heterocycles. The molecule has 0 fully saturated rings. The van der Waals surface area contributed by atoms with E-state index < -0.39 is 0 Å². The number of hydrogen-bond donors (Lipinski definition) is 0. The Morgan fingerprint density at radius 2 is 1.75 bits per heavy atom. The number of benzene rings is 2. The van der Waals surface area contributed by atoms with E-state index in [1.165, 1.54) is 28.1 Å². The van der Waals surface area contributed by atoms with E-state index >= 15 is 0 Å². The summed E-state index contributed by atoms with van der Waals surface area (Å²) in [5.41, 5.74) is 7.36. The molecule has 1 heterocycles. The van der Waals surface area contributed by atoms with E-state index in [4.69, 9.17) is 0 Å². The summed E-state index contributed by atoms with van der Waals surface area (Å²) >= 11 is 0. The fourth-order valence-electron chi connectivity index (χ4n) is 2.89. The highest BCUT2D eigenvalue weighted by atomic mass is 15.2. The Bertz CT molecular complexity index is 680. The van der Waals surface area contributed by atoms with Crippen LogP contribution in [0.5, 0.6) is 0 Å². The molecule has 0 bridgehead atoms. The molecule has 1 nitrogen and oxygen atoms in total. The first-order chi connectivity index (χ1) is 9.72. The van der Waals surface area contributed by atoms with Gasteiger partial charge in [0.15, 0.2) is 0 Å². The maximum absolute atomic E-state index is 4.36. The third-order valence-electron chi connectivity index (χ3n) is 3.85. The minimum atomic E-state index is 0.987. The van der Waals surface area contributed by atoms with Crippen molar-refractivity contribution >= 4 is 17.5 Å². The predicted octanol–water partition coefficient (Wildman–Crippen LogP) is 5.24. The first-order valence-electron chi connectivity index (χ1n) is 7.07. The molecule has 1 aliphatic rings. The molecule has 2 aromatic rings. The van der Waals surface area contributed by atoms with Gasteiger partial charge in [-0.05, 0) is 42.7 Å². The third kappa shape index (κ3) is 1.96. The summed E-state index contributed by atoms with van der Waals surface area (Å²) in [6.07, 6.45) is 3.27. The zero-order chi connectivity index (χ0) is 14.1.